The molecule has 3 heterocycles. The molecule has 0 aliphatic carbocycles. The monoisotopic (exact) mass is 482 g/mol. The molecule has 0 unspecified atom stereocenters. The Hall–Kier alpha value is -3.67. The maximum absolute atomic E-state index is 13.8. The van der Waals surface area contributed by atoms with Gasteiger partial charge in [0.15, 0.2) is 5.65 Å². The molecular formula is C30H34N4O2. The lowest BCUT2D eigenvalue weighted by Gasteiger charge is -2.32. The van der Waals surface area contributed by atoms with E-state index in [0.29, 0.717) is 17.3 Å². The molecule has 5 rings (SSSR count). The normalized spacial score (nSPS) is 14.8. The van der Waals surface area contributed by atoms with Gasteiger partial charge in [0, 0.05) is 30.1 Å². The Balaban J connectivity index is 1.44. The maximum Gasteiger partial charge on any atom is 0.272 e. The highest BCUT2D eigenvalue weighted by Gasteiger charge is 2.28. The number of nitrogens with zero attached hydrogens (tertiary/aromatic N) is 4. The van der Waals surface area contributed by atoms with Gasteiger partial charge in [0.05, 0.1) is 18.5 Å². The third-order valence-corrected chi connectivity index (χ3v) is 7.07. The second-order valence-electron chi connectivity index (χ2n) is 10.7. The lowest BCUT2D eigenvalue weighted by molar-refractivity contribution is 0.0681. The van der Waals surface area contributed by atoms with Crippen molar-refractivity contribution in [2.24, 2.45) is 5.92 Å². The maximum atomic E-state index is 13.8. The lowest BCUT2D eigenvalue weighted by atomic mass is 9.90. The summed E-state index contributed by atoms with van der Waals surface area (Å²) < 4.78 is 7.04. The molecule has 2 aromatic heterocycles. The molecule has 2 aromatic carbocycles. The van der Waals surface area contributed by atoms with Crippen molar-refractivity contribution in [3.8, 4) is 17.0 Å². The number of hydrogen-bond donors (Lipinski definition) is 0. The zero-order valence-corrected chi connectivity index (χ0v) is 21.6. The van der Waals surface area contributed by atoms with Crippen molar-refractivity contribution in [3.05, 3.63) is 83.7 Å². The SMILES string of the molecule is COc1ccc(-c2cc(C(=O)N3CCC(Cc4ccccc4)CC3)n3nc(C(C)(C)C)cc3n2)cc1. The number of likely N-dealkylation sites (tertiary alicyclic amines) is 1. The van der Waals surface area contributed by atoms with Gasteiger partial charge in [0.25, 0.3) is 5.91 Å². The summed E-state index contributed by atoms with van der Waals surface area (Å²) in [5.41, 5.74) is 5.08. The van der Waals surface area contributed by atoms with E-state index < -0.39 is 0 Å². The van der Waals surface area contributed by atoms with E-state index in [0.717, 1.165) is 55.1 Å². The molecule has 0 saturated carbocycles. The van der Waals surface area contributed by atoms with Crippen molar-refractivity contribution < 1.29 is 9.53 Å². The molecule has 186 valence electrons. The molecule has 0 spiro atoms. The summed E-state index contributed by atoms with van der Waals surface area (Å²) in [4.78, 5) is 20.7. The van der Waals surface area contributed by atoms with E-state index in [1.807, 2.05) is 41.3 Å². The summed E-state index contributed by atoms with van der Waals surface area (Å²) in [6, 6.07) is 22.3. The van der Waals surface area contributed by atoms with Crippen LogP contribution in [0, 0.1) is 5.92 Å². The van der Waals surface area contributed by atoms with Crippen molar-refractivity contribution in [3.63, 3.8) is 0 Å². The van der Waals surface area contributed by atoms with Gasteiger partial charge in [0.2, 0.25) is 0 Å². The summed E-state index contributed by atoms with van der Waals surface area (Å²) in [6.45, 7) is 7.88. The molecule has 1 amide bonds. The first-order valence-electron chi connectivity index (χ1n) is 12.7. The number of carbonyl (C=O) groups excluding carboxylic acids is 1. The predicted octanol–water partition coefficient (Wildman–Crippen LogP) is 5.80. The van der Waals surface area contributed by atoms with Crippen LogP contribution in [-0.4, -0.2) is 45.6 Å². The fraction of sp³-hybridized carbons (Fsp3) is 0.367. The van der Waals surface area contributed by atoms with Crippen LogP contribution in [0.1, 0.15) is 55.4 Å². The Morgan fingerprint density at radius 2 is 1.69 bits per heavy atom. The summed E-state index contributed by atoms with van der Waals surface area (Å²) in [5.74, 6) is 1.40. The first kappa shape index (κ1) is 24.0. The van der Waals surface area contributed by atoms with Crippen LogP contribution in [0.3, 0.4) is 0 Å². The number of fused-ring (bicyclic) bond motifs is 1. The fourth-order valence-corrected chi connectivity index (χ4v) is 4.85. The minimum absolute atomic E-state index is 0.0129. The number of hydrogen-bond acceptors (Lipinski definition) is 4. The van der Waals surface area contributed by atoms with Gasteiger partial charge >= 0.3 is 0 Å². The van der Waals surface area contributed by atoms with Gasteiger partial charge in [-0.2, -0.15) is 5.10 Å². The van der Waals surface area contributed by atoms with Crippen LogP contribution in [0.25, 0.3) is 16.9 Å². The third-order valence-electron chi connectivity index (χ3n) is 7.07. The second-order valence-corrected chi connectivity index (χ2v) is 10.7. The molecule has 6 nitrogen and oxygen atoms in total. The van der Waals surface area contributed by atoms with Crippen LogP contribution in [0.5, 0.6) is 5.75 Å². The molecule has 0 radical (unpaired) electrons. The number of carbonyl (C=O) groups is 1. The Labute approximate surface area is 212 Å². The van der Waals surface area contributed by atoms with Gasteiger partial charge in [0.1, 0.15) is 11.4 Å². The van der Waals surface area contributed by atoms with Gasteiger partial charge in [-0.1, -0.05) is 51.1 Å². The van der Waals surface area contributed by atoms with E-state index in [1.165, 1.54) is 5.56 Å². The van der Waals surface area contributed by atoms with Crippen LogP contribution in [-0.2, 0) is 11.8 Å². The average molecular weight is 483 g/mol. The molecule has 4 aromatic rings. The third kappa shape index (κ3) is 4.99. The minimum Gasteiger partial charge on any atom is -0.497 e. The van der Waals surface area contributed by atoms with Crippen molar-refractivity contribution in [2.45, 2.75) is 45.4 Å². The molecule has 0 N–H and O–H groups in total. The number of aromatic nitrogens is 3. The Morgan fingerprint density at radius 1 is 1.00 bits per heavy atom. The van der Waals surface area contributed by atoms with Crippen molar-refractivity contribution in [1.29, 1.82) is 0 Å². The first-order valence-corrected chi connectivity index (χ1v) is 12.7. The zero-order chi connectivity index (χ0) is 25.3. The molecule has 0 atom stereocenters. The summed E-state index contributed by atoms with van der Waals surface area (Å²) in [5, 5.41) is 4.82. The van der Waals surface area contributed by atoms with Gasteiger partial charge in [-0.3, -0.25) is 4.79 Å². The molecular weight excluding hydrogens is 448 g/mol. The van der Waals surface area contributed by atoms with E-state index in [9.17, 15) is 4.79 Å². The van der Waals surface area contributed by atoms with Crippen LogP contribution in [0.4, 0.5) is 0 Å². The van der Waals surface area contributed by atoms with E-state index in [2.05, 4.69) is 51.1 Å². The number of methoxy groups -OCH3 is 1. The summed E-state index contributed by atoms with van der Waals surface area (Å²) in [6.07, 6.45) is 3.08. The van der Waals surface area contributed by atoms with Crippen molar-refractivity contribution in [2.75, 3.05) is 20.2 Å². The molecule has 1 aliphatic heterocycles. The number of piperidine rings is 1. The van der Waals surface area contributed by atoms with Crippen LogP contribution >= 0.6 is 0 Å². The Bertz CT molecular complexity index is 1350. The van der Waals surface area contributed by atoms with Gasteiger partial charge in [-0.25, -0.2) is 9.50 Å². The minimum atomic E-state index is -0.149. The van der Waals surface area contributed by atoms with Crippen LogP contribution < -0.4 is 4.74 Å². The van der Waals surface area contributed by atoms with Crippen molar-refractivity contribution >= 4 is 11.6 Å². The molecule has 36 heavy (non-hydrogen) atoms. The number of benzene rings is 2. The van der Waals surface area contributed by atoms with E-state index in [4.69, 9.17) is 14.8 Å². The van der Waals surface area contributed by atoms with Gasteiger partial charge in [-0.15, -0.1) is 0 Å². The van der Waals surface area contributed by atoms with E-state index >= 15 is 0 Å². The Morgan fingerprint density at radius 3 is 2.33 bits per heavy atom. The van der Waals surface area contributed by atoms with Gasteiger partial charge in [-0.05, 0) is 61.1 Å². The summed E-state index contributed by atoms with van der Waals surface area (Å²) >= 11 is 0. The lowest BCUT2D eigenvalue weighted by Crippen LogP contribution is -2.39. The van der Waals surface area contributed by atoms with Crippen LogP contribution in [0.2, 0.25) is 0 Å². The quantitative estimate of drug-likeness (QED) is 0.361. The summed E-state index contributed by atoms with van der Waals surface area (Å²) in [7, 11) is 1.65. The number of rotatable bonds is 5. The number of amides is 1. The molecule has 0 bridgehead atoms. The van der Waals surface area contributed by atoms with Gasteiger partial charge < -0.3 is 9.64 Å². The topological polar surface area (TPSA) is 59.7 Å². The number of ether oxygens (including phenoxy) is 1. The highest BCUT2D eigenvalue weighted by molar-refractivity contribution is 5.94. The molecule has 1 saturated heterocycles. The average Bonchev–Trinajstić information content (AvgIpc) is 3.34. The highest BCUT2D eigenvalue weighted by Crippen LogP contribution is 2.28. The fourth-order valence-electron chi connectivity index (χ4n) is 4.85. The predicted molar refractivity (Wildman–Crippen MR) is 142 cm³/mol. The largest absolute Gasteiger partial charge is 0.497 e. The van der Waals surface area contributed by atoms with E-state index in [1.54, 1.807) is 11.6 Å². The standard InChI is InChI=1S/C30H34N4O2/c1-30(2,3)27-20-28-31-25(23-10-12-24(36-4)13-11-23)19-26(34(28)32-27)29(35)33-16-14-22(15-17-33)18-21-8-6-5-7-9-21/h5-13,19-20,22H,14-18H2,1-4H3. The zero-order valence-electron chi connectivity index (χ0n) is 21.6. The molecule has 1 fully saturated rings. The molecule has 6 heteroatoms. The Kier molecular flexibility index (Phi) is 6.52. The molecule has 1 aliphatic rings. The van der Waals surface area contributed by atoms with E-state index in [-0.39, 0.29) is 11.3 Å². The highest BCUT2D eigenvalue weighted by atomic mass is 16.5. The van der Waals surface area contributed by atoms with Crippen LogP contribution in [0.15, 0.2) is 66.7 Å². The van der Waals surface area contributed by atoms with Crippen molar-refractivity contribution in [1.82, 2.24) is 19.5 Å². The second kappa shape index (κ2) is 9.76. The first-order chi connectivity index (χ1) is 17.3. The smallest absolute Gasteiger partial charge is 0.272 e.